The predicted octanol–water partition coefficient (Wildman–Crippen LogP) is 4.10. The largest absolute Gasteiger partial charge is 0.375 e. The Hall–Kier alpha value is -0.460. The molecule has 0 aromatic carbocycles. The van der Waals surface area contributed by atoms with Crippen molar-refractivity contribution in [1.29, 1.82) is 0 Å². The molecule has 0 bridgehead atoms. The van der Waals surface area contributed by atoms with Gasteiger partial charge in [-0.1, -0.05) is 77.6 Å². The molecule has 2 N–H and O–H groups in total. The molecule has 138 valence electrons. The molecule has 2 atom stereocenters. The molecule has 0 aromatic heterocycles. The number of carbonyl (C=O) groups is 1. The van der Waals surface area contributed by atoms with Gasteiger partial charge >= 0.3 is 0 Å². The van der Waals surface area contributed by atoms with Gasteiger partial charge in [-0.15, -0.1) is 0 Å². The first kappa shape index (κ1) is 22.5. The molecule has 0 spiro atoms. The normalized spacial score (nSPS) is 14.6. The van der Waals surface area contributed by atoms with E-state index in [0.29, 0.717) is 12.7 Å². The number of aliphatic hydroxyl groups excluding tert-OH is 1. The summed E-state index contributed by atoms with van der Waals surface area (Å²) in [4.78, 5) is 10.9. The number of aldehydes is 1. The van der Waals surface area contributed by atoms with Gasteiger partial charge in [0.05, 0.1) is 0 Å². The average Bonchev–Trinajstić information content (AvgIpc) is 2.50. The van der Waals surface area contributed by atoms with Crippen molar-refractivity contribution in [2.75, 3.05) is 0 Å². The first-order chi connectivity index (χ1) is 10.9. The van der Waals surface area contributed by atoms with Crippen LogP contribution in [0.4, 0.5) is 0 Å². The summed E-state index contributed by atoms with van der Waals surface area (Å²) in [7, 11) is -4.47. The Kier molecular flexibility index (Phi) is 13.7. The molecule has 2 unspecified atom stereocenters. The van der Waals surface area contributed by atoms with Gasteiger partial charge < -0.3 is 9.90 Å². The van der Waals surface area contributed by atoms with E-state index in [4.69, 9.17) is 4.55 Å². The van der Waals surface area contributed by atoms with Gasteiger partial charge in [-0.05, 0) is 12.8 Å². The molecule has 0 amide bonds. The van der Waals surface area contributed by atoms with Gasteiger partial charge in [0.25, 0.3) is 10.1 Å². The zero-order chi connectivity index (χ0) is 17.6. The molecule has 0 heterocycles. The second-order valence-corrected chi connectivity index (χ2v) is 8.00. The van der Waals surface area contributed by atoms with E-state index in [0.717, 1.165) is 19.3 Å². The lowest BCUT2D eigenvalue weighted by molar-refractivity contribution is -0.111. The number of hydrogen-bond donors (Lipinski definition) is 2. The second kappa shape index (κ2) is 13.9. The topological polar surface area (TPSA) is 91.7 Å². The van der Waals surface area contributed by atoms with Crippen LogP contribution < -0.4 is 0 Å². The molecule has 0 aliphatic carbocycles. The highest BCUT2D eigenvalue weighted by molar-refractivity contribution is 7.86. The van der Waals surface area contributed by atoms with E-state index in [1.54, 1.807) is 0 Å². The summed E-state index contributed by atoms with van der Waals surface area (Å²) in [6, 6.07) is 0. The fourth-order valence-corrected chi connectivity index (χ4v) is 3.18. The van der Waals surface area contributed by atoms with E-state index in [1.807, 2.05) is 0 Å². The zero-order valence-electron chi connectivity index (χ0n) is 14.5. The lowest BCUT2D eigenvalue weighted by Crippen LogP contribution is -2.23. The SMILES string of the molecule is CCCCCCCCCCCCCC(C=O)CC(O)S(=O)(=O)O. The van der Waals surface area contributed by atoms with Crippen LogP contribution in [0.2, 0.25) is 0 Å². The smallest absolute Gasteiger partial charge is 0.292 e. The number of aliphatic hydroxyl groups is 1. The summed E-state index contributed by atoms with van der Waals surface area (Å²) in [6.45, 7) is 2.22. The van der Waals surface area contributed by atoms with Crippen LogP contribution in [0, 0.1) is 5.92 Å². The van der Waals surface area contributed by atoms with E-state index in [9.17, 15) is 18.3 Å². The van der Waals surface area contributed by atoms with Gasteiger partial charge in [0, 0.05) is 5.92 Å². The minimum absolute atomic E-state index is 0.222. The Labute approximate surface area is 141 Å². The van der Waals surface area contributed by atoms with E-state index < -0.39 is 21.5 Å². The van der Waals surface area contributed by atoms with Crippen LogP contribution in [-0.2, 0) is 14.9 Å². The molecular formula is C17H34O5S. The molecule has 0 saturated carbocycles. The molecule has 6 heteroatoms. The van der Waals surface area contributed by atoms with Crippen LogP contribution >= 0.6 is 0 Å². The Balaban J connectivity index is 3.53. The summed E-state index contributed by atoms with van der Waals surface area (Å²) in [6.07, 6.45) is 14.4. The maximum absolute atomic E-state index is 10.9. The standard InChI is InChI=1S/C17H34O5S/c1-2-3-4-5-6-7-8-9-10-11-12-13-16(15-18)14-17(19)23(20,21)22/h15-17,19H,2-14H2,1H3,(H,20,21,22). The monoisotopic (exact) mass is 350 g/mol. The highest BCUT2D eigenvalue weighted by Gasteiger charge is 2.23. The summed E-state index contributed by atoms with van der Waals surface area (Å²) in [5.74, 6) is -0.509. The molecule has 0 radical (unpaired) electrons. The fourth-order valence-electron chi connectivity index (χ4n) is 2.69. The predicted molar refractivity (Wildman–Crippen MR) is 92.8 cm³/mol. The third-order valence-electron chi connectivity index (χ3n) is 4.22. The Morgan fingerprint density at radius 3 is 1.70 bits per heavy atom. The second-order valence-electron chi connectivity index (χ2n) is 6.43. The average molecular weight is 351 g/mol. The lowest BCUT2D eigenvalue weighted by Gasteiger charge is -2.13. The summed E-state index contributed by atoms with van der Waals surface area (Å²) in [5, 5.41) is 9.27. The zero-order valence-corrected chi connectivity index (χ0v) is 15.3. The molecule has 23 heavy (non-hydrogen) atoms. The van der Waals surface area contributed by atoms with Gasteiger partial charge in [0.2, 0.25) is 0 Å². The minimum Gasteiger partial charge on any atom is -0.375 e. The minimum atomic E-state index is -4.47. The maximum atomic E-state index is 10.9. The van der Waals surface area contributed by atoms with Gasteiger partial charge in [-0.2, -0.15) is 8.42 Å². The van der Waals surface area contributed by atoms with Crippen LogP contribution in [0.5, 0.6) is 0 Å². The van der Waals surface area contributed by atoms with Crippen molar-refractivity contribution in [1.82, 2.24) is 0 Å². The maximum Gasteiger partial charge on any atom is 0.292 e. The third kappa shape index (κ3) is 13.7. The van der Waals surface area contributed by atoms with Crippen LogP contribution in [0.1, 0.15) is 90.4 Å². The highest BCUT2D eigenvalue weighted by Crippen LogP contribution is 2.17. The molecule has 0 aromatic rings. The number of carbonyl (C=O) groups excluding carboxylic acids is 1. The molecular weight excluding hydrogens is 316 g/mol. The van der Waals surface area contributed by atoms with Crippen molar-refractivity contribution in [3.63, 3.8) is 0 Å². The Bertz CT molecular complexity index is 380. The number of hydrogen-bond acceptors (Lipinski definition) is 4. The first-order valence-electron chi connectivity index (χ1n) is 9.01. The van der Waals surface area contributed by atoms with Crippen molar-refractivity contribution in [3.8, 4) is 0 Å². The van der Waals surface area contributed by atoms with Crippen LogP contribution in [0.15, 0.2) is 0 Å². The molecule has 5 nitrogen and oxygen atoms in total. The van der Waals surface area contributed by atoms with Crippen molar-refractivity contribution >= 4 is 16.4 Å². The van der Waals surface area contributed by atoms with Gasteiger partial charge in [-0.25, -0.2) is 0 Å². The van der Waals surface area contributed by atoms with Gasteiger partial charge in [-0.3, -0.25) is 4.55 Å². The Morgan fingerprint density at radius 2 is 1.30 bits per heavy atom. The number of unbranched alkanes of at least 4 members (excludes halogenated alkanes) is 10. The van der Waals surface area contributed by atoms with E-state index in [2.05, 4.69) is 6.92 Å². The quantitative estimate of drug-likeness (QED) is 0.248. The van der Waals surface area contributed by atoms with Crippen molar-refractivity contribution in [2.45, 2.75) is 95.8 Å². The van der Waals surface area contributed by atoms with Crippen LogP contribution in [-0.4, -0.2) is 29.8 Å². The van der Waals surface area contributed by atoms with Crippen molar-refractivity contribution in [2.24, 2.45) is 5.92 Å². The highest BCUT2D eigenvalue weighted by atomic mass is 32.2. The van der Waals surface area contributed by atoms with E-state index >= 15 is 0 Å². The Morgan fingerprint density at radius 1 is 0.870 bits per heavy atom. The lowest BCUT2D eigenvalue weighted by atomic mass is 9.98. The first-order valence-corrected chi connectivity index (χ1v) is 10.5. The van der Waals surface area contributed by atoms with E-state index in [1.165, 1.54) is 51.4 Å². The van der Waals surface area contributed by atoms with Crippen molar-refractivity contribution < 1.29 is 22.9 Å². The molecule has 0 aliphatic rings. The van der Waals surface area contributed by atoms with Crippen molar-refractivity contribution in [3.05, 3.63) is 0 Å². The van der Waals surface area contributed by atoms with Crippen LogP contribution in [0.3, 0.4) is 0 Å². The van der Waals surface area contributed by atoms with Crippen LogP contribution in [0.25, 0.3) is 0 Å². The summed E-state index contributed by atoms with van der Waals surface area (Å²) in [5.41, 5.74) is -1.86. The van der Waals surface area contributed by atoms with E-state index in [-0.39, 0.29) is 6.42 Å². The molecule has 0 rings (SSSR count). The number of rotatable bonds is 16. The molecule has 0 saturated heterocycles. The summed E-state index contributed by atoms with van der Waals surface area (Å²) < 4.78 is 30.2. The third-order valence-corrected chi connectivity index (χ3v) is 5.10. The molecule has 0 aliphatic heterocycles. The van der Waals surface area contributed by atoms with Gasteiger partial charge in [0.1, 0.15) is 6.29 Å². The van der Waals surface area contributed by atoms with Gasteiger partial charge in [0.15, 0.2) is 5.44 Å². The summed E-state index contributed by atoms with van der Waals surface area (Å²) >= 11 is 0. The fraction of sp³-hybridized carbons (Fsp3) is 0.941. The molecule has 0 fully saturated rings.